The molecule has 6 rings (SSSR count). The first kappa shape index (κ1) is 32.9. The second-order valence-electron chi connectivity index (χ2n) is 11.1. The lowest BCUT2D eigenvalue weighted by molar-refractivity contribution is -0.192. The number of aromatic amines is 1. The van der Waals surface area contributed by atoms with Gasteiger partial charge in [-0.2, -0.15) is 13.2 Å². The molecule has 2 fully saturated rings. The number of benzene rings is 2. The fourth-order valence-corrected chi connectivity index (χ4v) is 5.71. The average molecular weight is 648 g/mol. The van der Waals surface area contributed by atoms with Gasteiger partial charge < -0.3 is 29.9 Å². The number of ether oxygens (including phenoxy) is 1. The summed E-state index contributed by atoms with van der Waals surface area (Å²) in [5, 5.41) is 11.0. The van der Waals surface area contributed by atoms with Crippen molar-refractivity contribution in [1.29, 1.82) is 0 Å². The largest absolute Gasteiger partial charge is 0.494 e. The predicted molar refractivity (Wildman–Crippen MR) is 164 cm³/mol. The van der Waals surface area contributed by atoms with Gasteiger partial charge >= 0.3 is 12.1 Å². The van der Waals surface area contributed by atoms with Crippen LogP contribution < -0.4 is 15.0 Å². The number of nitrogens with zero attached hydrogens (tertiary/aromatic N) is 5. The Kier molecular flexibility index (Phi) is 9.91. The Morgan fingerprint density at radius 2 is 1.72 bits per heavy atom. The number of methoxy groups -OCH3 is 1. The van der Waals surface area contributed by atoms with E-state index < -0.39 is 18.0 Å². The second-order valence-corrected chi connectivity index (χ2v) is 11.1. The summed E-state index contributed by atoms with van der Waals surface area (Å²) >= 11 is 0. The molecule has 2 aliphatic heterocycles. The van der Waals surface area contributed by atoms with Gasteiger partial charge in [0.2, 0.25) is 5.95 Å². The van der Waals surface area contributed by atoms with Crippen LogP contribution in [0.5, 0.6) is 5.75 Å². The molecule has 246 valence electrons. The second kappa shape index (κ2) is 13.9. The zero-order valence-corrected chi connectivity index (χ0v) is 25.2. The van der Waals surface area contributed by atoms with E-state index in [4.69, 9.17) is 14.6 Å². The van der Waals surface area contributed by atoms with Crippen LogP contribution >= 0.6 is 0 Å². The van der Waals surface area contributed by atoms with Crippen molar-refractivity contribution in [3.8, 4) is 17.0 Å². The molecule has 0 atom stereocenters. The third kappa shape index (κ3) is 7.48. The van der Waals surface area contributed by atoms with Gasteiger partial charge in [-0.3, -0.25) is 4.90 Å². The van der Waals surface area contributed by atoms with Crippen molar-refractivity contribution in [1.82, 2.24) is 24.8 Å². The first-order valence-corrected chi connectivity index (χ1v) is 14.7. The zero-order valence-electron chi connectivity index (χ0n) is 25.2. The minimum atomic E-state index is -5.08. The van der Waals surface area contributed by atoms with E-state index in [1.807, 2.05) is 24.3 Å². The molecule has 0 spiro atoms. The van der Waals surface area contributed by atoms with E-state index in [0.29, 0.717) is 28.7 Å². The van der Waals surface area contributed by atoms with Crippen LogP contribution in [0.2, 0.25) is 0 Å². The molecule has 0 unspecified atom stereocenters. The van der Waals surface area contributed by atoms with E-state index >= 15 is 4.39 Å². The van der Waals surface area contributed by atoms with E-state index in [2.05, 4.69) is 42.0 Å². The van der Waals surface area contributed by atoms with Crippen LogP contribution in [-0.2, 0) is 4.79 Å². The standard InChI is InChI=1S/C29H33F2N7O.C2HF3O2/c1-36-11-13-37(14-12-36)19-7-9-38(10-8-19)26-16-27(39-2)25(15-22(26)30)34-29-33-18-23(31)28(35-29)21-17-32-24-6-4-3-5-20(21)24;3-2(4,5)1(6)7/h3-6,15-19,32H,7-14H2,1-2H3,(H,33,34,35);(H,6,7). The average Bonchev–Trinajstić information content (AvgIpc) is 3.46. The van der Waals surface area contributed by atoms with E-state index in [1.54, 1.807) is 19.4 Å². The molecule has 3 N–H and O–H groups in total. The van der Waals surface area contributed by atoms with Gasteiger partial charge in [-0.1, -0.05) is 18.2 Å². The van der Waals surface area contributed by atoms with Gasteiger partial charge in [0.1, 0.15) is 17.3 Å². The number of carboxylic acid groups (broad SMARTS) is 1. The number of H-pyrrole nitrogens is 1. The van der Waals surface area contributed by atoms with E-state index in [9.17, 15) is 17.6 Å². The van der Waals surface area contributed by atoms with Crippen molar-refractivity contribution in [2.24, 2.45) is 0 Å². The summed E-state index contributed by atoms with van der Waals surface area (Å²) in [6, 6.07) is 11.3. The smallest absolute Gasteiger partial charge is 0.490 e. The highest BCUT2D eigenvalue weighted by molar-refractivity contribution is 5.94. The Hall–Kier alpha value is -4.50. The third-order valence-corrected chi connectivity index (χ3v) is 8.21. The molecule has 0 aliphatic carbocycles. The third-order valence-electron chi connectivity index (χ3n) is 8.21. The highest BCUT2D eigenvalue weighted by Gasteiger charge is 2.38. The number of hydrogen-bond donors (Lipinski definition) is 3. The number of nitrogens with one attached hydrogen (secondary N) is 2. The number of likely N-dealkylation sites (N-methyl/N-ethyl adjacent to an activating group) is 1. The number of aromatic nitrogens is 3. The number of carboxylic acids is 1. The van der Waals surface area contributed by atoms with Crippen molar-refractivity contribution < 1.29 is 36.6 Å². The lowest BCUT2D eigenvalue weighted by atomic mass is 10.0. The van der Waals surface area contributed by atoms with Crippen LogP contribution in [0, 0.1) is 11.6 Å². The van der Waals surface area contributed by atoms with Gasteiger partial charge in [0.05, 0.1) is 24.7 Å². The molecule has 0 bridgehead atoms. The highest BCUT2D eigenvalue weighted by Crippen LogP contribution is 2.36. The van der Waals surface area contributed by atoms with Crippen LogP contribution in [0.25, 0.3) is 22.2 Å². The number of anilines is 3. The zero-order chi connectivity index (χ0) is 33.0. The number of para-hydroxylation sites is 1. The van der Waals surface area contributed by atoms with Crippen LogP contribution in [0.3, 0.4) is 0 Å². The first-order valence-electron chi connectivity index (χ1n) is 14.7. The van der Waals surface area contributed by atoms with Crippen molar-refractivity contribution in [3.05, 3.63) is 60.4 Å². The topological polar surface area (TPSA) is 110 Å². The van der Waals surface area contributed by atoms with Gasteiger partial charge in [-0.25, -0.2) is 23.5 Å². The molecule has 2 saturated heterocycles. The quantitative estimate of drug-likeness (QED) is 0.234. The number of alkyl halides is 3. The molecule has 0 saturated carbocycles. The summed E-state index contributed by atoms with van der Waals surface area (Å²) in [7, 11) is 3.71. The molecule has 46 heavy (non-hydrogen) atoms. The molecule has 0 radical (unpaired) electrons. The summed E-state index contributed by atoms with van der Waals surface area (Å²) in [4.78, 5) is 27.6. The van der Waals surface area contributed by atoms with E-state index in [1.165, 1.54) is 6.07 Å². The maximum Gasteiger partial charge on any atom is 0.490 e. The van der Waals surface area contributed by atoms with Gasteiger partial charge in [0.25, 0.3) is 0 Å². The number of piperazine rings is 1. The Labute approximate surface area is 261 Å². The highest BCUT2D eigenvalue weighted by atomic mass is 19.4. The van der Waals surface area contributed by atoms with Crippen molar-refractivity contribution in [3.63, 3.8) is 0 Å². The number of rotatable bonds is 6. The molecule has 2 aromatic carbocycles. The number of fused-ring (bicyclic) bond motifs is 1. The maximum atomic E-state index is 15.4. The van der Waals surface area contributed by atoms with Gasteiger partial charge in [-0.05, 0) is 26.0 Å². The molecule has 2 aliphatic rings. The first-order chi connectivity index (χ1) is 21.9. The number of hydrogen-bond acceptors (Lipinski definition) is 8. The number of halogens is 5. The molecular weight excluding hydrogens is 613 g/mol. The molecule has 4 aromatic rings. The lowest BCUT2D eigenvalue weighted by Gasteiger charge is -2.42. The molecule has 4 heterocycles. The molecular formula is C31H34F5N7O3. The minimum Gasteiger partial charge on any atom is -0.494 e. The van der Waals surface area contributed by atoms with Crippen molar-refractivity contribution in [2.75, 3.05) is 63.6 Å². The summed E-state index contributed by atoms with van der Waals surface area (Å²) in [5.74, 6) is -3.04. The number of piperidine rings is 1. The van der Waals surface area contributed by atoms with Crippen molar-refractivity contribution >= 4 is 34.2 Å². The van der Waals surface area contributed by atoms with Gasteiger partial charge in [0, 0.05) is 80.1 Å². The fourth-order valence-electron chi connectivity index (χ4n) is 5.71. The van der Waals surface area contributed by atoms with Gasteiger partial charge in [0.15, 0.2) is 5.82 Å². The summed E-state index contributed by atoms with van der Waals surface area (Å²) in [6.07, 6.45) is -0.229. The molecule has 0 amide bonds. The number of carbonyl (C=O) groups is 1. The number of aliphatic carboxylic acids is 1. The normalized spacial score (nSPS) is 16.6. The lowest BCUT2D eigenvalue weighted by Crippen LogP contribution is -2.52. The summed E-state index contributed by atoms with van der Waals surface area (Å²) in [5.41, 5.74) is 2.56. The molecule has 2 aromatic heterocycles. The van der Waals surface area contributed by atoms with E-state index in [0.717, 1.165) is 69.2 Å². The Balaban J connectivity index is 0.000000537. The Morgan fingerprint density at radius 3 is 2.37 bits per heavy atom. The predicted octanol–water partition coefficient (Wildman–Crippen LogP) is 5.50. The van der Waals surface area contributed by atoms with E-state index in [-0.39, 0.29) is 17.5 Å². The van der Waals surface area contributed by atoms with Crippen LogP contribution in [0.15, 0.2) is 48.8 Å². The van der Waals surface area contributed by atoms with Gasteiger partial charge in [-0.15, -0.1) is 0 Å². The van der Waals surface area contributed by atoms with Crippen LogP contribution in [0.1, 0.15) is 12.8 Å². The fraction of sp³-hybridized carbons (Fsp3) is 0.387. The summed E-state index contributed by atoms with van der Waals surface area (Å²) in [6.45, 7) is 5.97. The van der Waals surface area contributed by atoms with Crippen LogP contribution in [-0.4, -0.2) is 101 Å². The van der Waals surface area contributed by atoms with Crippen LogP contribution in [0.4, 0.5) is 39.3 Å². The monoisotopic (exact) mass is 647 g/mol. The SMILES string of the molecule is COc1cc(N2CCC(N3CCN(C)CC3)CC2)c(F)cc1Nc1ncc(F)c(-c2c[nH]c3ccccc23)n1.O=C(O)C(F)(F)F. The Morgan fingerprint density at radius 1 is 1.04 bits per heavy atom. The minimum absolute atomic E-state index is 0.148. The maximum absolute atomic E-state index is 15.4. The molecule has 15 heteroatoms. The van der Waals surface area contributed by atoms with Crippen molar-refractivity contribution in [2.45, 2.75) is 25.1 Å². The summed E-state index contributed by atoms with van der Waals surface area (Å²) < 4.78 is 67.5. The Bertz CT molecular complexity index is 1670. The molecule has 10 nitrogen and oxygen atoms in total.